The summed E-state index contributed by atoms with van der Waals surface area (Å²) in [5, 5.41) is 3.51. The number of anilines is 1. The predicted molar refractivity (Wildman–Crippen MR) is 77.3 cm³/mol. The number of ether oxygens (including phenoxy) is 2. The van der Waals surface area contributed by atoms with Gasteiger partial charge in [-0.15, -0.1) is 0 Å². The molecule has 2 rings (SSSR count). The van der Waals surface area contributed by atoms with E-state index in [2.05, 4.69) is 12.2 Å². The highest BCUT2D eigenvalue weighted by Gasteiger charge is 2.26. The van der Waals surface area contributed by atoms with Crippen LogP contribution in [0.3, 0.4) is 0 Å². The molecule has 0 aromatic heterocycles. The molecule has 1 aliphatic heterocycles. The van der Waals surface area contributed by atoms with Crippen molar-refractivity contribution in [2.75, 3.05) is 32.6 Å². The highest BCUT2D eigenvalue weighted by molar-refractivity contribution is 5.51. The van der Waals surface area contributed by atoms with Gasteiger partial charge in [0.1, 0.15) is 5.75 Å². The van der Waals surface area contributed by atoms with E-state index in [0.717, 1.165) is 56.1 Å². The highest BCUT2D eigenvalue weighted by Crippen LogP contribution is 2.29. The highest BCUT2D eigenvalue weighted by atomic mass is 16.5. The molecule has 0 aliphatic carbocycles. The van der Waals surface area contributed by atoms with Gasteiger partial charge in [-0.3, -0.25) is 0 Å². The number of nitrogens with two attached hydrogens (primary N) is 1. The lowest BCUT2D eigenvalue weighted by Crippen LogP contribution is -2.36. The van der Waals surface area contributed by atoms with Gasteiger partial charge in [0.25, 0.3) is 0 Å². The topological polar surface area (TPSA) is 56.5 Å². The Hall–Kier alpha value is -1.26. The summed E-state index contributed by atoms with van der Waals surface area (Å²) in [5.41, 5.74) is 8.26. The molecule has 1 aromatic carbocycles. The van der Waals surface area contributed by atoms with Gasteiger partial charge in [-0.2, -0.15) is 0 Å². The third-order valence-electron chi connectivity index (χ3n) is 3.92. The van der Waals surface area contributed by atoms with Gasteiger partial charge in [0.2, 0.25) is 0 Å². The Labute approximate surface area is 115 Å². The first kappa shape index (κ1) is 14.2. The first-order valence-electron chi connectivity index (χ1n) is 6.84. The van der Waals surface area contributed by atoms with Crippen molar-refractivity contribution in [1.29, 1.82) is 0 Å². The molecular formula is C15H24N2O2. The van der Waals surface area contributed by atoms with Crippen LogP contribution in [0.5, 0.6) is 5.75 Å². The van der Waals surface area contributed by atoms with Crippen LogP contribution in [0.2, 0.25) is 0 Å². The summed E-state index contributed by atoms with van der Waals surface area (Å²) in [5.74, 6) is 0.803. The van der Waals surface area contributed by atoms with Gasteiger partial charge in [0.15, 0.2) is 0 Å². The van der Waals surface area contributed by atoms with Gasteiger partial charge >= 0.3 is 0 Å². The average molecular weight is 264 g/mol. The molecule has 0 saturated carbocycles. The van der Waals surface area contributed by atoms with Crippen molar-refractivity contribution < 1.29 is 9.47 Å². The second-order valence-corrected chi connectivity index (χ2v) is 5.59. The van der Waals surface area contributed by atoms with Crippen LogP contribution < -0.4 is 15.8 Å². The number of methoxy groups -OCH3 is 1. The lowest BCUT2D eigenvalue weighted by atomic mass is 9.82. The van der Waals surface area contributed by atoms with E-state index in [1.807, 2.05) is 18.2 Å². The van der Waals surface area contributed by atoms with Crippen molar-refractivity contribution in [2.24, 2.45) is 5.41 Å². The van der Waals surface area contributed by atoms with Crippen molar-refractivity contribution in [1.82, 2.24) is 5.32 Å². The maximum Gasteiger partial charge on any atom is 0.120 e. The van der Waals surface area contributed by atoms with Crippen LogP contribution in [0.1, 0.15) is 25.3 Å². The normalized spacial score (nSPS) is 18.2. The molecule has 1 aliphatic rings. The van der Waals surface area contributed by atoms with E-state index in [9.17, 15) is 0 Å². The van der Waals surface area contributed by atoms with Gasteiger partial charge in [-0.05, 0) is 29.9 Å². The Kier molecular flexibility index (Phi) is 4.66. The van der Waals surface area contributed by atoms with Gasteiger partial charge in [0, 0.05) is 38.1 Å². The van der Waals surface area contributed by atoms with Gasteiger partial charge < -0.3 is 20.5 Å². The third kappa shape index (κ3) is 3.85. The molecule has 1 heterocycles. The number of hydrogen-bond acceptors (Lipinski definition) is 4. The molecule has 0 spiro atoms. The molecule has 0 radical (unpaired) electrons. The maximum absolute atomic E-state index is 6.01. The lowest BCUT2D eigenvalue weighted by molar-refractivity contribution is 0.0240. The van der Waals surface area contributed by atoms with Crippen molar-refractivity contribution in [2.45, 2.75) is 26.3 Å². The van der Waals surface area contributed by atoms with Gasteiger partial charge in [-0.1, -0.05) is 13.0 Å². The molecule has 0 atom stereocenters. The number of rotatable bonds is 5. The van der Waals surface area contributed by atoms with E-state index in [1.54, 1.807) is 7.11 Å². The van der Waals surface area contributed by atoms with E-state index >= 15 is 0 Å². The van der Waals surface area contributed by atoms with Gasteiger partial charge in [-0.25, -0.2) is 0 Å². The number of nitrogens with one attached hydrogen (secondary N) is 1. The average Bonchev–Trinajstić information content (AvgIpc) is 2.41. The Morgan fingerprint density at radius 1 is 1.37 bits per heavy atom. The Balaban J connectivity index is 1.85. The van der Waals surface area contributed by atoms with Crippen molar-refractivity contribution >= 4 is 5.69 Å². The molecule has 0 amide bonds. The summed E-state index contributed by atoms with van der Waals surface area (Å²) in [6.45, 7) is 5.87. The van der Waals surface area contributed by atoms with Crippen LogP contribution in [-0.4, -0.2) is 26.9 Å². The Morgan fingerprint density at radius 3 is 2.74 bits per heavy atom. The maximum atomic E-state index is 6.01. The monoisotopic (exact) mass is 264 g/mol. The molecule has 106 valence electrons. The molecule has 1 fully saturated rings. The fourth-order valence-electron chi connectivity index (χ4n) is 2.40. The molecule has 19 heavy (non-hydrogen) atoms. The SMILES string of the molecule is COc1ccc(CNCC2(C)CCOCC2)c(N)c1. The summed E-state index contributed by atoms with van der Waals surface area (Å²) in [6.07, 6.45) is 2.25. The molecule has 4 nitrogen and oxygen atoms in total. The van der Waals surface area contributed by atoms with Crippen LogP contribution in [0.4, 0.5) is 5.69 Å². The lowest BCUT2D eigenvalue weighted by Gasteiger charge is -2.33. The number of benzene rings is 1. The zero-order valence-corrected chi connectivity index (χ0v) is 11.9. The fourth-order valence-corrected chi connectivity index (χ4v) is 2.40. The summed E-state index contributed by atoms with van der Waals surface area (Å²) in [7, 11) is 1.65. The van der Waals surface area contributed by atoms with E-state index < -0.39 is 0 Å². The van der Waals surface area contributed by atoms with Crippen LogP contribution in [0.15, 0.2) is 18.2 Å². The molecule has 4 heteroatoms. The third-order valence-corrected chi connectivity index (χ3v) is 3.92. The summed E-state index contributed by atoms with van der Waals surface area (Å²) in [4.78, 5) is 0. The summed E-state index contributed by atoms with van der Waals surface area (Å²) in [6, 6.07) is 5.84. The van der Waals surface area contributed by atoms with Crippen LogP contribution in [-0.2, 0) is 11.3 Å². The van der Waals surface area contributed by atoms with Crippen LogP contribution in [0.25, 0.3) is 0 Å². The second kappa shape index (κ2) is 6.26. The smallest absolute Gasteiger partial charge is 0.120 e. The molecule has 1 saturated heterocycles. The Bertz CT molecular complexity index is 415. The zero-order chi connectivity index (χ0) is 13.7. The van der Waals surface area contributed by atoms with Gasteiger partial charge in [0.05, 0.1) is 7.11 Å². The minimum atomic E-state index is 0.347. The van der Waals surface area contributed by atoms with Crippen molar-refractivity contribution in [3.05, 3.63) is 23.8 Å². The summed E-state index contributed by atoms with van der Waals surface area (Å²) < 4.78 is 10.6. The standard InChI is InChI=1S/C15H24N2O2/c1-15(5-7-19-8-6-15)11-17-10-12-3-4-13(18-2)9-14(12)16/h3-4,9,17H,5-8,10-11,16H2,1-2H3. The zero-order valence-electron chi connectivity index (χ0n) is 11.9. The van der Waals surface area contributed by atoms with Crippen molar-refractivity contribution in [3.8, 4) is 5.75 Å². The second-order valence-electron chi connectivity index (χ2n) is 5.59. The first-order chi connectivity index (χ1) is 9.13. The number of hydrogen-bond donors (Lipinski definition) is 2. The first-order valence-corrected chi connectivity index (χ1v) is 6.84. The summed E-state index contributed by atoms with van der Waals surface area (Å²) >= 11 is 0. The van der Waals surface area contributed by atoms with Crippen LogP contribution >= 0.6 is 0 Å². The predicted octanol–water partition coefficient (Wildman–Crippen LogP) is 2.18. The van der Waals surface area contributed by atoms with E-state index in [1.165, 1.54) is 0 Å². The largest absolute Gasteiger partial charge is 0.497 e. The van der Waals surface area contributed by atoms with Crippen LogP contribution in [0, 0.1) is 5.41 Å². The van der Waals surface area contributed by atoms with Crippen molar-refractivity contribution in [3.63, 3.8) is 0 Å². The van der Waals surface area contributed by atoms with E-state index in [-0.39, 0.29) is 0 Å². The molecule has 3 N–H and O–H groups in total. The molecule has 1 aromatic rings. The minimum Gasteiger partial charge on any atom is -0.497 e. The molecule has 0 unspecified atom stereocenters. The minimum absolute atomic E-state index is 0.347. The van der Waals surface area contributed by atoms with E-state index in [0.29, 0.717) is 5.41 Å². The molecular weight excluding hydrogens is 240 g/mol. The molecule has 0 bridgehead atoms. The van der Waals surface area contributed by atoms with E-state index in [4.69, 9.17) is 15.2 Å². The quantitative estimate of drug-likeness (QED) is 0.800. The fraction of sp³-hybridized carbons (Fsp3) is 0.600. The Morgan fingerprint density at radius 2 is 2.11 bits per heavy atom. The number of nitrogen functional groups attached to an aromatic ring is 1.